The number of morpholine rings is 1. The molecule has 4 heterocycles. The lowest BCUT2D eigenvalue weighted by Gasteiger charge is -2.38. The summed E-state index contributed by atoms with van der Waals surface area (Å²) in [5.41, 5.74) is 0.674. The molecule has 1 aromatic carbocycles. The number of rotatable bonds is 4. The standard InChI is InChI=1S/C20H23F2N3O6/c1-10-7-24(8-11(2)29-10)16-13(19-27-3-4-28-19)5-14-17(15(16)22)31-23-18(14)25-9-12(6-21)30-20(25)26/h5,10-12,19H,3-4,6-9H2,1-2H3/t10-,11-,12?/m1/s1. The Balaban J connectivity index is 1.63. The predicted molar refractivity (Wildman–Crippen MR) is 104 cm³/mol. The smallest absolute Gasteiger partial charge is 0.416 e. The van der Waals surface area contributed by atoms with Gasteiger partial charge < -0.3 is 28.4 Å². The molecule has 3 fully saturated rings. The number of amides is 1. The molecule has 9 nitrogen and oxygen atoms in total. The van der Waals surface area contributed by atoms with Crippen molar-refractivity contribution in [3.63, 3.8) is 0 Å². The van der Waals surface area contributed by atoms with Crippen molar-refractivity contribution >= 4 is 28.6 Å². The zero-order valence-corrected chi connectivity index (χ0v) is 17.2. The summed E-state index contributed by atoms with van der Waals surface area (Å²) in [5.74, 6) is -0.550. The lowest BCUT2D eigenvalue weighted by molar-refractivity contribution is -0.0445. The summed E-state index contributed by atoms with van der Waals surface area (Å²) in [6.45, 7) is 4.71. The van der Waals surface area contributed by atoms with E-state index >= 15 is 4.39 Å². The van der Waals surface area contributed by atoms with Gasteiger partial charge in [-0.25, -0.2) is 13.6 Å². The topological polar surface area (TPSA) is 86.5 Å². The fourth-order valence-corrected chi connectivity index (χ4v) is 4.40. The van der Waals surface area contributed by atoms with Crippen LogP contribution in [0, 0.1) is 5.82 Å². The van der Waals surface area contributed by atoms with E-state index in [4.69, 9.17) is 23.5 Å². The van der Waals surface area contributed by atoms with Crippen LogP contribution in [0.4, 0.5) is 25.1 Å². The number of carbonyl (C=O) groups excluding carboxylic acids is 1. The van der Waals surface area contributed by atoms with Crippen molar-refractivity contribution in [1.29, 1.82) is 0 Å². The molecule has 0 aliphatic carbocycles. The Hall–Kier alpha value is -2.50. The van der Waals surface area contributed by atoms with Crippen LogP contribution >= 0.6 is 0 Å². The van der Waals surface area contributed by atoms with Gasteiger partial charge in [-0.2, -0.15) is 0 Å². The second-order valence-corrected chi connectivity index (χ2v) is 8.02. The molecule has 3 aliphatic heterocycles. The number of nitrogens with zero attached hydrogens (tertiary/aromatic N) is 3. The molecule has 3 saturated heterocycles. The normalized spacial score (nSPS) is 27.5. The lowest BCUT2D eigenvalue weighted by Crippen LogP contribution is -2.46. The molecule has 1 aromatic heterocycles. The van der Waals surface area contributed by atoms with Crippen LogP contribution < -0.4 is 9.80 Å². The highest BCUT2D eigenvalue weighted by molar-refractivity contribution is 6.00. The maximum Gasteiger partial charge on any atom is 0.416 e. The van der Waals surface area contributed by atoms with Gasteiger partial charge in [0.1, 0.15) is 12.8 Å². The summed E-state index contributed by atoms with van der Waals surface area (Å²) in [5, 5.41) is 4.17. The van der Waals surface area contributed by atoms with Crippen molar-refractivity contribution in [1.82, 2.24) is 5.16 Å². The first-order valence-electron chi connectivity index (χ1n) is 10.3. The third-order valence-electron chi connectivity index (χ3n) is 5.60. The van der Waals surface area contributed by atoms with Crippen LogP contribution in [-0.2, 0) is 18.9 Å². The van der Waals surface area contributed by atoms with Crippen molar-refractivity contribution < 1.29 is 37.0 Å². The molecule has 5 rings (SSSR count). The maximum absolute atomic E-state index is 15.8. The highest BCUT2D eigenvalue weighted by Gasteiger charge is 2.38. The summed E-state index contributed by atoms with van der Waals surface area (Å²) in [7, 11) is 0. The van der Waals surface area contributed by atoms with Crippen LogP contribution in [0.15, 0.2) is 10.6 Å². The van der Waals surface area contributed by atoms with Gasteiger partial charge in [-0.1, -0.05) is 5.16 Å². The molecule has 0 radical (unpaired) electrons. The second-order valence-electron chi connectivity index (χ2n) is 8.02. The number of halogens is 2. The lowest BCUT2D eigenvalue weighted by atomic mass is 10.0. The van der Waals surface area contributed by atoms with E-state index in [1.54, 1.807) is 6.07 Å². The number of ether oxygens (including phenoxy) is 4. The zero-order valence-electron chi connectivity index (χ0n) is 17.2. The fraction of sp³-hybridized carbons (Fsp3) is 0.600. The van der Waals surface area contributed by atoms with Gasteiger partial charge in [-0.15, -0.1) is 0 Å². The molecular formula is C20H23F2N3O6. The van der Waals surface area contributed by atoms with Gasteiger partial charge in [0.2, 0.25) is 5.58 Å². The van der Waals surface area contributed by atoms with E-state index in [0.29, 0.717) is 37.6 Å². The van der Waals surface area contributed by atoms with Gasteiger partial charge in [0.25, 0.3) is 0 Å². The number of anilines is 2. The molecule has 1 amide bonds. The summed E-state index contributed by atoms with van der Waals surface area (Å²) in [6.07, 6.45) is -2.62. The summed E-state index contributed by atoms with van der Waals surface area (Å²) >= 11 is 0. The third-order valence-corrected chi connectivity index (χ3v) is 5.60. The van der Waals surface area contributed by atoms with E-state index in [-0.39, 0.29) is 35.5 Å². The van der Waals surface area contributed by atoms with Crippen LogP contribution in [0.25, 0.3) is 11.0 Å². The molecule has 0 N–H and O–H groups in total. The van der Waals surface area contributed by atoms with Crippen molar-refractivity contribution in [3.05, 3.63) is 17.4 Å². The molecule has 1 unspecified atom stereocenters. The first kappa shape index (κ1) is 20.4. The molecule has 31 heavy (non-hydrogen) atoms. The number of fused-ring (bicyclic) bond motifs is 1. The zero-order chi connectivity index (χ0) is 21.7. The number of aromatic nitrogens is 1. The van der Waals surface area contributed by atoms with Gasteiger partial charge in [0.15, 0.2) is 17.9 Å². The minimum atomic E-state index is -0.902. The molecule has 3 aliphatic rings. The number of alkyl halides is 1. The van der Waals surface area contributed by atoms with Gasteiger partial charge >= 0.3 is 6.09 Å². The number of cyclic esters (lactones) is 1. The predicted octanol–water partition coefficient (Wildman–Crippen LogP) is 2.92. The summed E-state index contributed by atoms with van der Waals surface area (Å²) in [4.78, 5) is 15.2. The monoisotopic (exact) mass is 439 g/mol. The molecule has 11 heteroatoms. The molecule has 3 atom stereocenters. The number of hydrogen-bond acceptors (Lipinski definition) is 8. The molecular weight excluding hydrogens is 416 g/mol. The molecule has 2 aromatic rings. The quantitative estimate of drug-likeness (QED) is 0.719. The van der Waals surface area contributed by atoms with Crippen LogP contribution in [-0.4, -0.2) is 69.1 Å². The van der Waals surface area contributed by atoms with E-state index in [1.807, 2.05) is 18.7 Å². The van der Waals surface area contributed by atoms with Crippen molar-refractivity contribution in [2.24, 2.45) is 0 Å². The van der Waals surface area contributed by atoms with Crippen molar-refractivity contribution in [3.8, 4) is 0 Å². The largest absolute Gasteiger partial charge is 0.441 e. The maximum atomic E-state index is 15.8. The Morgan fingerprint density at radius 2 is 1.87 bits per heavy atom. The number of benzene rings is 1. The minimum Gasteiger partial charge on any atom is -0.441 e. The van der Waals surface area contributed by atoms with E-state index in [2.05, 4.69) is 5.16 Å². The minimum absolute atomic E-state index is 0.0371. The summed E-state index contributed by atoms with van der Waals surface area (Å²) < 4.78 is 56.2. The number of hydrogen-bond donors (Lipinski definition) is 0. The Labute approximate surface area is 176 Å². The average Bonchev–Trinajstić information content (AvgIpc) is 3.46. The number of carbonyl (C=O) groups is 1. The van der Waals surface area contributed by atoms with Gasteiger partial charge in [0.05, 0.1) is 43.0 Å². The van der Waals surface area contributed by atoms with Crippen molar-refractivity contribution in [2.45, 2.75) is 38.4 Å². The summed E-state index contributed by atoms with van der Waals surface area (Å²) in [6, 6.07) is 1.66. The van der Waals surface area contributed by atoms with Gasteiger partial charge in [-0.3, -0.25) is 4.90 Å². The molecule has 168 valence electrons. The third kappa shape index (κ3) is 3.50. The van der Waals surface area contributed by atoms with Gasteiger partial charge in [0, 0.05) is 18.7 Å². The van der Waals surface area contributed by atoms with E-state index < -0.39 is 31.0 Å². The molecule has 0 bridgehead atoms. The van der Waals surface area contributed by atoms with Crippen LogP contribution in [0.1, 0.15) is 25.7 Å². The Bertz CT molecular complexity index is 985. The van der Waals surface area contributed by atoms with Crippen LogP contribution in [0.2, 0.25) is 0 Å². The SMILES string of the molecule is C[C@@H]1CN(c2c(C3OCCO3)cc3c(N4CC(CF)OC4=O)noc3c2F)C[C@@H](C)O1. The Morgan fingerprint density at radius 3 is 2.52 bits per heavy atom. The van der Waals surface area contributed by atoms with E-state index in [0.717, 1.165) is 4.90 Å². The second kappa shape index (κ2) is 7.88. The highest BCUT2D eigenvalue weighted by atomic mass is 19.1. The van der Waals surface area contributed by atoms with E-state index in [9.17, 15) is 9.18 Å². The van der Waals surface area contributed by atoms with E-state index in [1.165, 1.54) is 0 Å². The van der Waals surface area contributed by atoms with Crippen LogP contribution in [0.3, 0.4) is 0 Å². The van der Waals surface area contributed by atoms with Crippen molar-refractivity contribution in [2.75, 3.05) is 49.3 Å². The molecule has 0 saturated carbocycles. The Morgan fingerprint density at radius 1 is 1.16 bits per heavy atom. The fourth-order valence-electron chi connectivity index (χ4n) is 4.40. The molecule has 0 spiro atoms. The Kier molecular flexibility index (Phi) is 5.19. The first-order chi connectivity index (χ1) is 15.0. The highest BCUT2D eigenvalue weighted by Crippen LogP contribution is 2.42. The van der Waals surface area contributed by atoms with Gasteiger partial charge in [-0.05, 0) is 19.9 Å². The first-order valence-corrected chi connectivity index (χ1v) is 10.3. The van der Waals surface area contributed by atoms with Crippen LogP contribution in [0.5, 0.6) is 0 Å². The average molecular weight is 439 g/mol.